The number of aliphatic hydroxyl groups excluding tert-OH is 1. The summed E-state index contributed by atoms with van der Waals surface area (Å²) in [6.45, 7) is 1.57. The van der Waals surface area contributed by atoms with Gasteiger partial charge < -0.3 is 19.4 Å². The molecule has 1 aliphatic rings. The van der Waals surface area contributed by atoms with Gasteiger partial charge in [-0.2, -0.15) is 0 Å². The average molecular weight is 307 g/mol. The molecule has 1 heterocycles. The Morgan fingerprint density at radius 2 is 2.35 bits per heavy atom. The number of nitrogens with one attached hydrogen (secondary N) is 1. The zero-order chi connectivity index (χ0) is 15.2. The van der Waals surface area contributed by atoms with Crippen LogP contribution in [0.15, 0.2) is 0 Å². The normalized spacial score (nSPS) is 25.0. The maximum absolute atomic E-state index is 12.0. The highest BCUT2D eigenvalue weighted by molar-refractivity contribution is 7.51. The number of β-amino-alcohol motifs (C(OH)–C–C–N with tert-alkyl or cyclic N) is 1. The largest absolute Gasteiger partial charge is 0.391 e. The second kappa shape index (κ2) is 7.55. The highest BCUT2D eigenvalue weighted by atomic mass is 31.2. The minimum atomic E-state index is -3.59. The quantitative estimate of drug-likeness (QED) is 0.260. The van der Waals surface area contributed by atoms with Gasteiger partial charge in [-0.05, 0) is 18.3 Å². The van der Waals surface area contributed by atoms with Crippen LogP contribution in [0.25, 0.3) is 5.08 Å². The summed E-state index contributed by atoms with van der Waals surface area (Å²) in [5.74, 6) is -0.168. The van der Waals surface area contributed by atoms with Crippen LogP contribution in [-0.4, -0.2) is 59.3 Å². The monoisotopic (exact) mass is 307 g/mol. The van der Waals surface area contributed by atoms with Gasteiger partial charge in [0.15, 0.2) is 0 Å². The fourth-order valence-electron chi connectivity index (χ4n) is 2.09. The summed E-state index contributed by atoms with van der Waals surface area (Å²) in [6, 6.07) is -0.395. The minimum Gasteiger partial charge on any atom is -0.391 e. The first-order valence-electron chi connectivity index (χ1n) is 6.33. The first kappa shape index (κ1) is 16.9. The molecule has 10 heteroatoms. The van der Waals surface area contributed by atoms with Crippen molar-refractivity contribution in [2.75, 3.05) is 26.4 Å². The fraction of sp³-hybridized carbons (Fsp3) is 0.900. The van der Waals surface area contributed by atoms with Gasteiger partial charge >= 0.3 is 12.7 Å². The lowest BCUT2D eigenvalue weighted by Crippen LogP contribution is -2.38. The Balaban J connectivity index is 2.46. The zero-order valence-corrected chi connectivity index (χ0v) is 12.2. The molecule has 0 aromatic rings. The molecule has 20 heavy (non-hydrogen) atoms. The Kier molecular flexibility index (Phi) is 6.36. The molecule has 1 saturated heterocycles. The zero-order valence-electron chi connectivity index (χ0n) is 11.3. The van der Waals surface area contributed by atoms with Crippen LogP contribution >= 0.6 is 7.60 Å². The number of nitrogens with zero attached hydrogens (tertiary/aromatic N) is 3. The van der Waals surface area contributed by atoms with Gasteiger partial charge in [0.05, 0.1) is 25.3 Å². The van der Waals surface area contributed by atoms with Crippen molar-refractivity contribution < 1.29 is 23.9 Å². The second-order valence-corrected chi connectivity index (χ2v) is 6.66. The van der Waals surface area contributed by atoms with Gasteiger partial charge in [-0.15, -0.1) is 0 Å². The van der Waals surface area contributed by atoms with Crippen LogP contribution in [0.4, 0.5) is 0 Å². The van der Waals surface area contributed by atoms with Crippen molar-refractivity contribution in [2.24, 2.45) is 0 Å². The van der Waals surface area contributed by atoms with Crippen LogP contribution in [0.1, 0.15) is 19.3 Å². The molecular weight excluding hydrogens is 287 g/mol. The van der Waals surface area contributed by atoms with Gasteiger partial charge in [0.1, 0.15) is 0 Å². The van der Waals surface area contributed by atoms with Crippen LogP contribution in [0.2, 0.25) is 0 Å². The lowest BCUT2D eigenvalue weighted by molar-refractivity contribution is -0.133. The predicted octanol–water partition coefficient (Wildman–Crippen LogP) is -0.0821. The molecule has 114 valence electrons. The van der Waals surface area contributed by atoms with E-state index in [4.69, 9.17) is 14.8 Å². The molecule has 0 bridgehead atoms. The van der Waals surface area contributed by atoms with Gasteiger partial charge in [-0.3, -0.25) is 9.36 Å². The van der Waals surface area contributed by atoms with Gasteiger partial charge in [-0.1, -0.05) is 0 Å². The number of hydrogen-bond acceptors (Lipinski definition) is 6. The van der Waals surface area contributed by atoms with Crippen molar-refractivity contribution in [1.29, 1.82) is 5.39 Å². The number of diazo groups is 1. The number of rotatable bonds is 7. The van der Waals surface area contributed by atoms with Crippen LogP contribution in [-0.2, 0) is 13.9 Å². The van der Waals surface area contributed by atoms with E-state index in [0.717, 1.165) is 6.66 Å². The lowest BCUT2D eigenvalue weighted by Gasteiger charge is -2.24. The third kappa shape index (κ3) is 5.84. The van der Waals surface area contributed by atoms with E-state index in [1.165, 1.54) is 4.90 Å². The number of likely N-dealkylation sites (tertiary alicyclic amines) is 1. The first-order valence-corrected chi connectivity index (χ1v) is 8.35. The maximum atomic E-state index is 12.0. The molecule has 3 unspecified atom stereocenters. The summed E-state index contributed by atoms with van der Waals surface area (Å²) in [4.78, 5) is 22.6. The van der Waals surface area contributed by atoms with Crippen LogP contribution in [0, 0.1) is 5.39 Å². The van der Waals surface area contributed by atoms with Crippen molar-refractivity contribution >= 4 is 13.5 Å². The third-order valence-electron chi connectivity index (χ3n) is 2.97. The molecule has 1 fully saturated rings. The Labute approximate surface area is 117 Å². The maximum Gasteiger partial charge on any atom is 0.325 e. The summed E-state index contributed by atoms with van der Waals surface area (Å²) in [5.41, 5.74) is 2.33. The molecule has 0 saturated carbocycles. The number of carbonyl (C=O) groups is 1. The molecule has 0 aromatic heterocycles. The van der Waals surface area contributed by atoms with Crippen molar-refractivity contribution in [3.05, 3.63) is 5.08 Å². The van der Waals surface area contributed by atoms with Gasteiger partial charge in [0, 0.05) is 19.6 Å². The molecule has 9 nitrogen and oxygen atoms in total. The van der Waals surface area contributed by atoms with Crippen molar-refractivity contribution in [2.45, 2.75) is 31.4 Å². The average Bonchev–Trinajstić information content (AvgIpc) is 2.72. The highest BCUT2D eigenvalue weighted by Gasteiger charge is 2.35. The molecule has 3 N–H and O–H groups in total. The summed E-state index contributed by atoms with van der Waals surface area (Å²) < 4.78 is 15.9. The highest BCUT2D eigenvalue weighted by Crippen LogP contribution is 2.37. The standard InChI is InChI=1S/C10H19N4O5P/c1-20(17,18)19-7-8-5-9(15)6-14(8)10(16)3-2-4-12-13-11/h8-9,12,15H,2-7H2,1H3/p+1. The van der Waals surface area contributed by atoms with E-state index < -0.39 is 19.7 Å². The molecule has 0 spiro atoms. The summed E-state index contributed by atoms with van der Waals surface area (Å²) >= 11 is 0. The molecule has 0 radical (unpaired) electrons. The van der Waals surface area contributed by atoms with E-state index in [1.54, 1.807) is 0 Å². The molecule has 0 aliphatic carbocycles. The number of carbonyl (C=O) groups excluding carboxylic acids is 1. The van der Waals surface area contributed by atoms with Crippen LogP contribution in [0.5, 0.6) is 0 Å². The molecular formula is C10H20N4O5P+. The Bertz CT molecular complexity index is 420. The number of aliphatic hydroxyl groups is 1. The molecule has 3 atom stereocenters. The van der Waals surface area contributed by atoms with E-state index >= 15 is 0 Å². The van der Waals surface area contributed by atoms with Crippen molar-refractivity contribution in [3.63, 3.8) is 0 Å². The molecule has 0 aromatic carbocycles. The predicted molar refractivity (Wildman–Crippen MR) is 70.1 cm³/mol. The van der Waals surface area contributed by atoms with E-state index in [0.29, 0.717) is 19.4 Å². The lowest BCUT2D eigenvalue weighted by atomic mass is 10.2. The molecule has 1 amide bonds. The van der Waals surface area contributed by atoms with E-state index in [-0.39, 0.29) is 25.5 Å². The van der Waals surface area contributed by atoms with E-state index in [2.05, 4.69) is 10.5 Å². The summed E-state index contributed by atoms with van der Waals surface area (Å²) in [5, 5.41) is 20.5. The third-order valence-corrected chi connectivity index (χ3v) is 3.60. The number of amides is 1. The van der Waals surface area contributed by atoms with Gasteiger partial charge in [0.2, 0.25) is 5.91 Å². The Morgan fingerprint density at radius 3 is 2.95 bits per heavy atom. The second-order valence-electron chi connectivity index (χ2n) is 4.80. The van der Waals surface area contributed by atoms with E-state index in [1.807, 2.05) is 0 Å². The van der Waals surface area contributed by atoms with Gasteiger partial charge in [0.25, 0.3) is 5.39 Å². The SMILES string of the molecule is CP(=O)(O)OCC1CC(O)CN1C(=O)CCCN[N+]#N. The fourth-order valence-corrected chi connectivity index (χ4v) is 2.54. The Morgan fingerprint density at radius 1 is 1.65 bits per heavy atom. The summed E-state index contributed by atoms with van der Waals surface area (Å²) in [7, 11) is -3.59. The van der Waals surface area contributed by atoms with Gasteiger partial charge in [-0.25, -0.2) is 0 Å². The van der Waals surface area contributed by atoms with Crippen molar-refractivity contribution in [3.8, 4) is 0 Å². The van der Waals surface area contributed by atoms with Crippen LogP contribution < -0.4 is 5.43 Å². The number of hydrogen-bond donors (Lipinski definition) is 3. The first-order chi connectivity index (χ1) is 9.33. The smallest absolute Gasteiger partial charge is 0.325 e. The Hall–Kier alpha value is -1.20. The minimum absolute atomic E-state index is 0.0721. The van der Waals surface area contributed by atoms with Crippen LogP contribution in [0.3, 0.4) is 0 Å². The topological polar surface area (TPSA) is 127 Å². The van der Waals surface area contributed by atoms with Crippen molar-refractivity contribution in [1.82, 2.24) is 10.3 Å². The van der Waals surface area contributed by atoms with E-state index in [9.17, 15) is 14.5 Å². The molecule has 1 aliphatic heterocycles. The molecule has 1 rings (SSSR count). The summed E-state index contributed by atoms with van der Waals surface area (Å²) in [6.07, 6.45) is 0.396.